The lowest BCUT2D eigenvalue weighted by atomic mass is 10.1. The fraction of sp³-hybridized carbons (Fsp3) is 0.500. The quantitative estimate of drug-likeness (QED) is 0.800. The second-order valence-corrected chi connectivity index (χ2v) is 5.02. The number of para-hydroxylation sites is 1. The highest BCUT2D eigenvalue weighted by Gasteiger charge is 2.21. The van der Waals surface area contributed by atoms with Gasteiger partial charge in [-0.15, -0.1) is 0 Å². The average Bonchev–Trinajstić information content (AvgIpc) is 2.43. The normalized spacial score (nSPS) is 10.5. The number of carboxylic acids is 1. The molecule has 0 unspecified atom stereocenters. The van der Waals surface area contributed by atoms with Gasteiger partial charge in [0.05, 0.1) is 12.2 Å². The van der Waals surface area contributed by atoms with Crippen molar-refractivity contribution in [1.82, 2.24) is 4.90 Å². The molecular formula is C16H23NO4. The number of benzene rings is 1. The number of rotatable bonds is 8. The molecule has 0 spiro atoms. The van der Waals surface area contributed by atoms with Crippen molar-refractivity contribution in [3.63, 3.8) is 0 Å². The van der Waals surface area contributed by atoms with Gasteiger partial charge in [-0.3, -0.25) is 9.59 Å². The second kappa shape index (κ2) is 8.29. The lowest BCUT2D eigenvalue weighted by Gasteiger charge is -2.27. The molecule has 0 atom stereocenters. The number of carbonyl (C=O) groups excluding carboxylic acids is 1. The first-order valence-electron chi connectivity index (χ1n) is 7.22. The zero-order valence-electron chi connectivity index (χ0n) is 12.8. The molecule has 21 heavy (non-hydrogen) atoms. The smallest absolute Gasteiger partial charge is 0.303 e. The van der Waals surface area contributed by atoms with Gasteiger partial charge in [-0.1, -0.05) is 12.1 Å². The number of hydrogen-bond donors (Lipinski definition) is 1. The molecular weight excluding hydrogens is 270 g/mol. The van der Waals surface area contributed by atoms with Crippen LogP contribution < -0.4 is 4.74 Å². The molecule has 0 saturated heterocycles. The molecule has 0 aliphatic heterocycles. The van der Waals surface area contributed by atoms with Crippen LogP contribution in [0.5, 0.6) is 5.75 Å². The summed E-state index contributed by atoms with van der Waals surface area (Å²) in [5, 5.41) is 8.71. The third kappa shape index (κ3) is 5.10. The van der Waals surface area contributed by atoms with E-state index in [4.69, 9.17) is 9.84 Å². The molecule has 5 heteroatoms. The van der Waals surface area contributed by atoms with Crippen LogP contribution in [0.15, 0.2) is 24.3 Å². The topological polar surface area (TPSA) is 66.8 Å². The number of ether oxygens (including phenoxy) is 1. The van der Waals surface area contributed by atoms with E-state index < -0.39 is 5.97 Å². The first-order valence-corrected chi connectivity index (χ1v) is 7.22. The Morgan fingerprint density at radius 3 is 2.52 bits per heavy atom. The fourth-order valence-electron chi connectivity index (χ4n) is 2.07. The van der Waals surface area contributed by atoms with E-state index in [1.54, 1.807) is 23.1 Å². The Morgan fingerprint density at radius 2 is 1.95 bits per heavy atom. The number of hydrogen-bond acceptors (Lipinski definition) is 3. The molecule has 0 saturated carbocycles. The van der Waals surface area contributed by atoms with Crippen LogP contribution in [0.3, 0.4) is 0 Å². The molecule has 0 radical (unpaired) electrons. The number of amides is 1. The van der Waals surface area contributed by atoms with Crippen LogP contribution in [0.4, 0.5) is 0 Å². The van der Waals surface area contributed by atoms with Crippen molar-refractivity contribution in [2.45, 2.75) is 39.7 Å². The maximum absolute atomic E-state index is 12.7. The summed E-state index contributed by atoms with van der Waals surface area (Å²) in [7, 11) is 0. The molecule has 0 aromatic heterocycles. The van der Waals surface area contributed by atoms with Gasteiger partial charge in [0.1, 0.15) is 5.75 Å². The molecule has 116 valence electrons. The summed E-state index contributed by atoms with van der Waals surface area (Å²) < 4.78 is 5.49. The minimum Gasteiger partial charge on any atom is -0.493 e. The Morgan fingerprint density at radius 1 is 1.29 bits per heavy atom. The van der Waals surface area contributed by atoms with E-state index in [1.807, 2.05) is 26.8 Å². The maximum Gasteiger partial charge on any atom is 0.303 e. The Labute approximate surface area is 125 Å². The lowest BCUT2D eigenvalue weighted by molar-refractivity contribution is -0.137. The van der Waals surface area contributed by atoms with Crippen LogP contribution in [0.2, 0.25) is 0 Å². The first kappa shape index (κ1) is 17.0. The van der Waals surface area contributed by atoms with Gasteiger partial charge in [-0.25, -0.2) is 0 Å². The van der Waals surface area contributed by atoms with E-state index in [1.165, 1.54) is 0 Å². The van der Waals surface area contributed by atoms with Gasteiger partial charge in [0.25, 0.3) is 5.91 Å². The van der Waals surface area contributed by atoms with E-state index in [9.17, 15) is 9.59 Å². The van der Waals surface area contributed by atoms with E-state index in [0.29, 0.717) is 30.9 Å². The van der Waals surface area contributed by atoms with Gasteiger partial charge >= 0.3 is 5.97 Å². The summed E-state index contributed by atoms with van der Waals surface area (Å²) in [5.41, 5.74) is 0.517. The molecule has 0 aliphatic rings. The number of carboxylic acid groups (broad SMARTS) is 1. The summed E-state index contributed by atoms with van der Waals surface area (Å²) in [5.74, 6) is -0.408. The number of nitrogens with zero attached hydrogens (tertiary/aromatic N) is 1. The summed E-state index contributed by atoms with van der Waals surface area (Å²) in [6, 6.07) is 7.13. The van der Waals surface area contributed by atoms with Gasteiger partial charge < -0.3 is 14.7 Å². The molecule has 5 nitrogen and oxygen atoms in total. The molecule has 1 aromatic rings. The first-order chi connectivity index (χ1) is 9.97. The highest BCUT2D eigenvalue weighted by molar-refractivity contribution is 5.97. The molecule has 0 bridgehead atoms. The third-order valence-corrected chi connectivity index (χ3v) is 3.09. The molecule has 1 aromatic carbocycles. The highest BCUT2D eigenvalue weighted by Crippen LogP contribution is 2.21. The molecule has 1 amide bonds. The fourth-order valence-corrected chi connectivity index (χ4v) is 2.07. The van der Waals surface area contributed by atoms with Crippen molar-refractivity contribution in [3.8, 4) is 5.75 Å². The molecule has 0 aliphatic carbocycles. The minimum absolute atomic E-state index is 0.000905. The zero-order chi connectivity index (χ0) is 15.8. The van der Waals surface area contributed by atoms with E-state index >= 15 is 0 Å². The van der Waals surface area contributed by atoms with Crippen LogP contribution in [-0.4, -0.2) is 41.1 Å². The monoisotopic (exact) mass is 293 g/mol. The van der Waals surface area contributed by atoms with Crippen LogP contribution in [0, 0.1) is 0 Å². The summed E-state index contributed by atoms with van der Waals surface area (Å²) in [6.45, 7) is 6.62. The zero-order valence-corrected chi connectivity index (χ0v) is 12.8. The van der Waals surface area contributed by atoms with Crippen LogP contribution in [0.25, 0.3) is 0 Å². The average molecular weight is 293 g/mol. The predicted molar refractivity (Wildman–Crippen MR) is 80.7 cm³/mol. The molecule has 0 fully saturated rings. The van der Waals surface area contributed by atoms with Gasteiger partial charge in [0.2, 0.25) is 0 Å². The maximum atomic E-state index is 12.7. The second-order valence-electron chi connectivity index (χ2n) is 5.02. The molecule has 1 N–H and O–H groups in total. The van der Waals surface area contributed by atoms with Crippen molar-refractivity contribution < 1.29 is 19.4 Å². The Kier molecular flexibility index (Phi) is 6.72. The van der Waals surface area contributed by atoms with Gasteiger partial charge in [0.15, 0.2) is 0 Å². The standard InChI is InChI=1S/C16H23NO4/c1-4-21-14-9-6-5-8-13(14)16(20)17(12(2)3)11-7-10-15(18)19/h5-6,8-9,12H,4,7,10-11H2,1-3H3,(H,18,19). The summed E-state index contributed by atoms with van der Waals surface area (Å²) in [6.07, 6.45) is 0.500. The summed E-state index contributed by atoms with van der Waals surface area (Å²) in [4.78, 5) is 24.9. The Hall–Kier alpha value is -2.04. The van der Waals surface area contributed by atoms with E-state index in [0.717, 1.165) is 0 Å². The Balaban J connectivity index is 2.88. The van der Waals surface area contributed by atoms with Crippen molar-refractivity contribution >= 4 is 11.9 Å². The third-order valence-electron chi connectivity index (χ3n) is 3.09. The van der Waals surface area contributed by atoms with E-state index in [2.05, 4.69) is 0 Å². The predicted octanol–water partition coefficient (Wildman–Crippen LogP) is 2.80. The number of aliphatic carboxylic acids is 1. The van der Waals surface area contributed by atoms with Crippen molar-refractivity contribution in [2.75, 3.05) is 13.2 Å². The van der Waals surface area contributed by atoms with Crippen LogP contribution in [-0.2, 0) is 4.79 Å². The SMILES string of the molecule is CCOc1ccccc1C(=O)N(CCCC(=O)O)C(C)C. The van der Waals surface area contributed by atoms with Gasteiger partial charge in [0, 0.05) is 19.0 Å². The van der Waals surface area contributed by atoms with Crippen molar-refractivity contribution in [2.24, 2.45) is 0 Å². The van der Waals surface area contributed by atoms with E-state index in [-0.39, 0.29) is 18.4 Å². The lowest BCUT2D eigenvalue weighted by Crippen LogP contribution is -2.38. The van der Waals surface area contributed by atoms with Crippen LogP contribution in [0.1, 0.15) is 44.0 Å². The largest absolute Gasteiger partial charge is 0.493 e. The number of carbonyl (C=O) groups is 2. The van der Waals surface area contributed by atoms with Gasteiger partial charge in [-0.05, 0) is 39.3 Å². The van der Waals surface area contributed by atoms with Gasteiger partial charge in [-0.2, -0.15) is 0 Å². The summed E-state index contributed by atoms with van der Waals surface area (Å²) >= 11 is 0. The Bertz CT molecular complexity index is 485. The minimum atomic E-state index is -0.846. The molecule has 1 rings (SSSR count). The van der Waals surface area contributed by atoms with Crippen molar-refractivity contribution in [3.05, 3.63) is 29.8 Å². The highest BCUT2D eigenvalue weighted by atomic mass is 16.5. The van der Waals surface area contributed by atoms with Crippen LogP contribution >= 0.6 is 0 Å². The van der Waals surface area contributed by atoms with Crippen molar-refractivity contribution in [1.29, 1.82) is 0 Å². The molecule has 0 heterocycles.